The number of nitrogens with one attached hydrogen (secondary N) is 2. The summed E-state index contributed by atoms with van der Waals surface area (Å²) < 4.78 is 5.17. The van der Waals surface area contributed by atoms with Gasteiger partial charge in [0.05, 0.1) is 7.11 Å². The summed E-state index contributed by atoms with van der Waals surface area (Å²) in [7, 11) is 1.67. The molecule has 0 radical (unpaired) electrons. The third-order valence-electron chi connectivity index (χ3n) is 4.45. The number of rotatable bonds is 8. The molecule has 2 N–H and O–H groups in total. The molecule has 148 valence electrons. The molecule has 0 spiro atoms. The van der Waals surface area contributed by atoms with Crippen molar-refractivity contribution in [2.24, 2.45) is 0 Å². The fraction of sp³-hybridized carbons (Fsp3) is 0.333. The van der Waals surface area contributed by atoms with E-state index in [0.717, 1.165) is 48.8 Å². The monoisotopic (exact) mass is 415 g/mol. The van der Waals surface area contributed by atoms with E-state index in [2.05, 4.69) is 22.8 Å². The first kappa shape index (κ1) is 20.5. The minimum absolute atomic E-state index is 0.199. The summed E-state index contributed by atoms with van der Waals surface area (Å²) in [6.45, 7) is 1.62. The Morgan fingerprint density at radius 3 is 2.57 bits per heavy atom. The second-order valence-corrected chi connectivity index (χ2v) is 8.03. The quantitative estimate of drug-likeness (QED) is 0.381. The number of nitrogens with zero attached hydrogens (tertiary/aromatic N) is 1. The third kappa shape index (κ3) is 5.87. The minimum Gasteiger partial charge on any atom is -0.497 e. The first-order valence-corrected chi connectivity index (χ1v) is 10.8. The van der Waals surface area contributed by atoms with Gasteiger partial charge in [-0.05, 0) is 79.3 Å². The van der Waals surface area contributed by atoms with Gasteiger partial charge in [0.1, 0.15) is 5.75 Å². The van der Waals surface area contributed by atoms with E-state index >= 15 is 0 Å². The molecule has 1 amide bonds. The molecular formula is C21H25N3O2S2. The van der Waals surface area contributed by atoms with Gasteiger partial charge in [-0.3, -0.25) is 4.79 Å². The Kier molecular flexibility index (Phi) is 7.56. The number of carbonyl (C=O) groups is 1. The molecule has 3 rings (SSSR count). The van der Waals surface area contributed by atoms with E-state index in [-0.39, 0.29) is 5.91 Å². The number of hydrogen-bond donors (Lipinski definition) is 2. The molecule has 5 nitrogen and oxygen atoms in total. The number of ether oxygens (including phenoxy) is 1. The van der Waals surface area contributed by atoms with E-state index in [1.807, 2.05) is 53.1 Å². The van der Waals surface area contributed by atoms with Crippen molar-refractivity contribution < 1.29 is 9.53 Å². The second kappa shape index (κ2) is 10.3. The summed E-state index contributed by atoms with van der Waals surface area (Å²) in [5.41, 5.74) is 1.86. The van der Waals surface area contributed by atoms with Crippen molar-refractivity contribution in [3.05, 3.63) is 48.5 Å². The van der Waals surface area contributed by atoms with Gasteiger partial charge in [-0.2, -0.15) is 0 Å². The van der Waals surface area contributed by atoms with Crippen molar-refractivity contribution >= 4 is 46.4 Å². The number of amides is 1. The van der Waals surface area contributed by atoms with Crippen molar-refractivity contribution in [3.8, 4) is 5.75 Å². The van der Waals surface area contributed by atoms with Crippen molar-refractivity contribution in [2.45, 2.75) is 24.2 Å². The lowest BCUT2D eigenvalue weighted by Gasteiger charge is -2.16. The number of thioether (sulfide) groups is 1. The topological polar surface area (TPSA) is 53.6 Å². The molecule has 0 aliphatic carbocycles. The van der Waals surface area contributed by atoms with Crippen LogP contribution in [0.2, 0.25) is 0 Å². The zero-order chi connectivity index (χ0) is 19.8. The van der Waals surface area contributed by atoms with Gasteiger partial charge in [-0.25, -0.2) is 0 Å². The summed E-state index contributed by atoms with van der Waals surface area (Å²) in [5, 5.41) is 7.03. The summed E-state index contributed by atoms with van der Waals surface area (Å²) in [6, 6.07) is 15.9. The van der Waals surface area contributed by atoms with Crippen LogP contribution in [0, 0.1) is 0 Å². The highest BCUT2D eigenvalue weighted by molar-refractivity contribution is 7.99. The molecule has 0 saturated carbocycles. The van der Waals surface area contributed by atoms with Crippen LogP contribution in [-0.4, -0.2) is 37.0 Å². The highest BCUT2D eigenvalue weighted by Gasteiger charge is 2.21. The summed E-state index contributed by atoms with van der Waals surface area (Å²) in [5.74, 6) is 2.09. The molecule has 1 aliphatic rings. The predicted molar refractivity (Wildman–Crippen MR) is 121 cm³/mol. The highest BCUT2D eigenvalue weighted by Crippen LogP contribution is 2.23. The van der Waals surface area contributed by atoms with Crippen LogP contribution < -0.4 is 20.3 Å². The molecule has 0 aromatic heterocycles. The van der Waals surface area contributed by atoms with Gasteiger partial charge in [-0.1, -0.05) is 0 Å². The molecule has 1 aliphatic heterocycles. The van der Waals surface area contributed by atoms with Crippen LogP contribution in [0.25, 0.3) is 0 Å². The molecule has 0 atom stereocenters. The zero-order valence-corrected chi connectivity index (χ0v) is 17.6. The normalized spacial score (nSPS) is 13.5. The van der Waals surface area contributed by atoms with Crippen LogP contribution in [0.5, 0.6) is 5.75 Å². The fourth-order valence-corrected chi connectivity index (χ4v) is 4.03. The highest BCUT2D eigenvalue weighted by atomic mass is 32.2. The molecule has 0 unspecified atom stereocenters. The Balaban J connectivity index is 1.34. The van der Waals surface area contributed by atoms with Crippen LogP contribution in [0.15, 0.2) is 53.4 Å². The number of carbonyl (C=O) groups excluding carboxylic acids is 1. The van der Waals surface area contributed by atoms with Gasteiger partial charge < -0.3 is 20.3 Å². The van der Waals surface area contributed by atoms with Crippen LogP contribution in [0.1, 0.15) is 19.3 Å². The van der Waals surface area contributed by atoms with Crippen molar-refractivity contribution in [2.75, 3.05) is 36.2 Å². The lowest BCUT2D eigenvalue weighted by molar-refractivity contribution is -0.117. The van der Waals surface area contributed by atoms with Gasteiger partial charge in [0.2, 0.25) is 5.91 Å². The maximum Gasteiger partial charge on any atom is 0.227 e. The Bertz CT molecular complexity index is 794. The standard InChI is InChI=1S/C21H25N3O2S2/c1-26-18-9-11-19(12-10-18)28-15-3-13-22-21(27)23-16-5-7-17(8-6-16)24-14-2-4-20(24)25/h5-12H,2-4,13-15H2,1H3,(H2,22,23,27). The molecule has 7 heteroatoms. The molecular weight excluding hydrogens is 390 g/mol. The molecule has 1 saturated heterocycles. The van der Waals surface area contributed by atoms with Crippen LogP contribution in [-0.2, 0) is 4.79 Å². The molecule has 0 bridgehead atoms. The van der Waals surface area contributed by atoms with Crippen LogP contribution in [0.3, 0.4) is 0 Å². The molecule has 28 heavy (non-hydrogen) atoms. The van der Waals surface area contributed by atoms with E-state index in [0.29, 0.717) is 11.5 Å². The zero-order valence-electron chi connectivity index (χ0n) is 15.9. The summed E-state index contributed by atoms with van der Waals surface area (Å²) >= 11 is 7.18. The first-order chi connectivity index (χ1) is 13.7. The lowest BCUT2D eigenvalue weighted by atomic mass is 10.2. The Hall–Kier alpha value is -2.25. The molecule has 2 aromatic rings. The van der Waals surface area contributed by atoms with Crippen LogP contribution >= 0.6 is 24.0 Å². The molecule has 1 fully saturated rings. The fourth-order valence-electron chi connectivity index (χ4n) is 2.96. The van der Waals surface area contributed by atoms with Crippen molar-refractivity contribution in [1.82, 2.24) is 5.32 Å². The summed E-state index contributed by atoms with van der Waals surface area (Å²) in [4.78, 5) is 14.9. The Morgan fingerprint density at radius 2 is 1.93 bits per heavy atom. The van der Waals surface area contributed by atoms with Gasteiger partial charge in [0.15, 0.2) is 5.11 Å². The summed E-state index contributed by atoms with van der Waals surface area (Å²) in [6.07, 6.45) is 2.59. The van der Waals surface area contributed by atoms with E-state index in [1.54, 1.807) is 7.11 Å². The third-order valence-corrected chi connectivity index (χ3v) is 5.79. The number of benzene rings is 2. The maximum absolute atomic E-state index is 11.8. The second-order valence-electron chi connectivity index (χ2n) is 6.45. The van der Waals surface area contributed by atoms with E-state index in [1.165, 1.54) is 4.90 Å². The SMILES string of the molecule is COc1ccc(SCCCNC(=S)Nc2ccc(N3CCCC3=O)cc2)cc1. The Morgan fingerprint density at radius 1 is 1.18 bits per heavy atom. The van der Waals surface area contributed by atoms with Crippen LogP contribution in [0.4, 0.5) is 11.4 Å². The van der Waals surface area contributed by atoms with Crippen molar-refractivity contribution in [3.63, 3.8) is 0 Å². The number of methoxy groups -OCH3 is 1. The minimum atomic E-state index is 0.199. The average Bonchev–Trinajstić information content (AvgIpc) is 3.14. The molecule has 2 aromatic carbocycles. The smallest absolute Gasteiger partial charge is 0.227 e. The largest absolute Gasteiger partial charge is 0.497 e. The number of anilines is 2. The van der Waals surface area contributed by atoms with Gasteiger partial charge in [0.25, 0.3) is 0 Å². The maximum atomic E-state index is 11.8. The van der Waals surface area contributed by atoms with E-state index < -0.39 is 0 Å². The van der Waals surface area contributed by atoms with E-state index in [9.17, 15) is 4.79 Å². The average molecular weight is 416 g/mol. The lowest BCUT2D eigenvalue weighted by Crippen LogP contribution is -2.29. The van der Waals surface area contributed by atoms with E-state index in [4.69, 9.17) is 17.0 Å². The Labute approximate surface area is 175 Å². The number of hydrogen-bond acceptors (Lipinski definition) is 4. The van der Waals surface area contributed by atoms with Crippen molar-refractivity contribution in [1.29, 1.82) is 0 Å². The van der Waals surface area contributed by atoms with Gasteiger partial charge in [-0.15, -0.1) is 11.8 Å². The predicted octanol–water partition coefficient (Wildman–Crippen LogP) is 4.29. The first-order valence-electron chi connectivity index (χ1n) is 9.38. The number of thiocarbonyl (C=S) groups is 1. The van der Waals surface area contributed by atoms with Gasteiger partial charge in [0, 0.05) is 35.8 Å². The molecule has 1 heterocycles. The van der Waals surface area contributed by atoms with Gasteiger partial charge >= 0.3 is 0 Å².